The molecule has 0 spiro atoms. The van der Waals surface area contributed by atoms with Crippen molar-refractivity contribution in [3.05, 3.63) is 84.7 Å². The third-order valence-corrected chi connectivity index (χ3v) is 4.40. The van der Waals surface area contributed by atoms with Gasteiger partial charge in [-0.1, -0.05) is 24.3 Å². The molecule has 4 rings (SSSR count). The van der Waals surface area contributed by atoms with Gasteiger partial charge in [-0.15, -0.1) is 0 Å². The molecule has 2 aromatic heterocycles. The first-order chi connectivity index (χ1) is 13.1. The Kier molecular flexibility index (Phi) is 4.34. The molecule has 0 saturated carbocycles. The van der Waals surface area contributed by atoms with Crippen molar-refractivity contribution in [2.45, 2.75) is 0 Å². The SMILES string of the molecule is CN(C)c1cccc(C(=O)Nc2cccc(-c3cn4ccccc4n3)c2)c1. The van der Waals surface area contributed by atoms with Crippen LogP contribution in [0.4, 0.5) is 11.4 Å². The van der Waals surface area contributed by atoms with E-state index in [1.807, 2.05) is 103 Å². The number of carbonyl (C=O) groups is 1. The van der Waals surface area contributed by atoms with Gasteiger partial charge in [0.15, 0.2) is 0 Å². The first-order valence-electron chi connectivity index (χ1n) is 8.73. The van der Waals surface area contributed by atoms with E-state index in [0.29, 0.717) is 5.56 Å². The number of fused-ring (bicyclic) bond motifs is 1. The molecule has 0 fully saturated rings. The number of imidazole rings is 1. The summed E-state index contributed by atoms with van der Waals surface area (Å²) in [6.45, 7) is 0. The van der Waals surface area contributed by atoms with Crippen LogP contribution in [0.2, 0.25) is 0 Å². The van der Waals surface area contributed by atoms with Gasteiger partial charge in [0.1, 0.15) is 5.65 Å². The highest BCUT2D eigenvalue weighted by molar-refractivity contribution is 6.05. The van der Waals surface area contributed by atoms with Gasteiger partial charge in [-0.05, 0) is 42.5 Å². The Labute approximate surface area is 157 Å². The summed E-state index contributed by atoms with van der Waals surface area (Å²) in [6.07, 6.45) is 3.95. The molecule has 0 aliphatic rings. The highest BCUT2D eigenvalue weighted by Crippen LogP contribution is 2.23. The summed E-state index contributed by atoms with van der Waals surface area (Å²) in [5, 5.41) is 2.98. The molecular weight excluding hydrogens is 336 g/mol. The lowest BCUT2D eigenvalue weighted by Gasteiger charge is -2.13. The van der Waals surface area contributed by atoms with Gasteiger partial charge >= 0.3 is 0 Å². The second-order valence-corrected chi connectivity index (χ2v) is 6.57. The fourth-order valence-corrected chi connectivity index (χ4v) is 2.96. The Morgan fingerprint density at radius 2 is 1.85 bits per heavy atom. The molecule has 5 nitrogen and oxygen atoms in total. The molecule has 0 unspecified atom stereocenters. The number of aromatic nitrogens is 2. The second kappa shape index (κ2) is 6.96. The van der Waals surface area contributed by atoms with Crippen LogP contribution in [0.5, 0.6) is 0 Å². The quantitative estimate of drug-likeness (QED) is 0.592. The fraction of sp³-hybridized carbons (Fsp3) is 0.0909. The van der Waals surface area contributed by atoms with E-state index >= 15 is 0 Å². The minimum atomic E-state index is -0.133. The van der Waals surface area contributed by atoms with E-state index in [2.05, 4.69) is 10.3 Å². The molecule has 0 aliphatic heterocycles. The molecular formula is C22H20N4O. The number of hydrogen-bond donors (Lipinski definition) is 1. The van der Waals surface area contributed by atoms with E-state index in [1.165, 1.54) is 0 Å². The van der Waals surface area contributed by atoms with Crippen molar-refractivity contribution in [1.29, 1.82) is 0 Å². The van der Waals surface area contributed by atoms with Gasteiger partial charge in [0, 0.05) is 49.0 Å². The number of anilines is 2. The molecule has 0 radical (unpaired) electrons. The second-order valence-electron chi connectivity index (χ2n) is 6.57. The number of benzene rings is 2. The Bertz CT molecular complexity index is 1080. The van der Waals surface area contributed by atoms with Gasteiger partial charge in [-0.2, -0.15) is 0 Å². The molecule has 1 N–H and O–H groups in total. The van der Waals surface area contributed by atoms with Crippen LogP contribution in [0.15, 0.2) is 79.1 Å². The smallest absolute Gasteiger partial charge is 0.255 e. The minimum Gasteiger partial charge on any atom is -0.378 e. The Morgan fingerprint density at radius 3 is 2.67 bits per heavy atom. The van der Waals surface area contributed by atoms with Crippen LogP contribution in [-0.2, 0) is 0 Å². The molecule has 27 heavy (non-hydrogen) atoms. The molecule has 1 amide bonds. The molecule has 0 saturated heterocycles. The normalized spacial score (nSPS) is 10.7. The summed E-state index contributed by atoms with van der Waals surface area (Å²) in [5.41, 5.74) is 5.07. The molecule has 0 bridgehead atoms. The average Bonchev–Trinajstić information content (AvgIpc) is 3.12. The zero-order chi connectivity index (χ0) is 18.8. The molecule has 0 atom stereocenters. The molecule has 134 valence electrons. The van der Waals surface area contributed by atoms with Gasteiger partial charge < -0.3 is 14.6 Å². The number of hydrogen-bond acceptors (Lipinski definition) is 3. The minimum absolute atomic E-state index is 0.133. The number of nitrogens with one attached hydrogen (secondary N) is 1. The maximum Gasteiger partial charge on any atom is 0.255 e. The van der Waals surface area contributed by atoms with Crippen LogP contribution in [-0.4, -0.2) is 29.4 Å². The fourth-order valence-electron chi connectivity index (χ4n) is 2.96. The predicted octanol–water partition coefficient (Wildman–Crippen LogP) is 4.32. The van der Waals surface area contributed by atoms with Crippen LogP contribution in [0.25, 0.3) is 16.9 Å². The third-order valence-electron chi connectivity index (χ3n) is 4.40. The Hall–Kier alpha value is -3.60. The summed E-state index contributed by atoms with van der Waals surface area (Å²) < 4.78 is 1.98. The van der Waals surface area contributed by atoms with Crippen molar-refractivity contribution in [3.8, 4) is 11.3 Å². The van der Waals surface area contributed by atoms with E-state index in [0.717, 1.165) is 28.3 Å². The maximum absolute atomic E-state index is 12.6. The molecule has 0 aliphatic carbocycles. The van der Waals surface area contributed by atoms with Crippen LogP contribution in [0.3, 0.4) is 0 Å². The van der Waals surface area contributed by atoms with E-state index in [4.69, 9.17) is 0 Å². The van der Waals surface area contributed by atoms with Gasteiger partial charge in [0.25, 0.3) is 5.91 Å². The van der Waals surface area contributed by atoms with E-state index in [1.54, 1.807) is 0 Å². The average molecular weight is 356 g/mol. The standard InChI is InChI=1S/C22H20N4O/c1-25(2)19-10-6-8-17(14-19)22(27)23-18-9-5-7-16(13-18)20-15-26-12-4-3-11-21(26)24-20/h3-15H,1-2H3,(H,23,27). The van der Waals surface area contributed by atoms with E-state index in [9.17, 15) is 4.79 Å². The van der Waals surface area contributed by atoms with Gasteiger partial charge in [-0.3, -0.25) is 4.79 Å². The lowest BCUT2D eigenvalue weighted by molar-refractivity contribution is 0.102. The van der Waals surface area contributed by atoms with Crippen molar-refractivity contribution < 1.29 is 4.79 Å². The van der Waals surface area contributed by atoms with Crippen LogP contribution < -0.4 is 10.2 Å². The van der Waals surface area contributed by atoms with Crippen molar-refractivity contribution in [2.75, 3.05) is 24.3 Å². The van der Waals surface area contributed by atoms with Crippen molar-refractivity contribution in [3.63, 3.8) is 0 Å². The summed E-state index contributed by atoms with van der Waals surface area (Å²) in [7, 11) is 3.91. The van der Waals surface area contributed by atoms with E-state index in [-0.39, 0.29) is 5.91 Å². The van der Waals surface area contributed by atoms with Crippen molar-refractivity contribution in [2.24, 2.45) is 0 Å². The van der Waals surface area contributed by atoms with Crippen LogP contribution >= 0.6 is 0 Å². The predicted molar refractivity (Wildman–Crippen MR) is 109 cm³/mol. The monoisotopic (exact) mass is 356 g/mol. The zero-order valence-corrected chi connectivity index (χ0v) is 15.3. The lowest BCUT2D eigenvalue weighted by atomic mass is 10.1. The zero-order valence-electron chi connectivity index (χ0n) is 15.3. The molecule has 4 aromatic rings. The topological polar surface area (TPSA) is 49.6 Å². The molecule has 2 aromatic carbocycles. The third kappa shape index (κ3) is 3.53. The lowest BCUT2D eigenvalue weighted by Crippen LogP contribution is -2.14. The van der Waals surface area contributed by atoms with E-state index < -0.39 is 0 Å². The number of rotatable bonds is 4. The number of amides is 1. The number of pyridine rings is 1. The van der Waals surface area contributed by atoms with Crippen molar-refractivity contribution in [1.82, 2.24) is 9.38 Å². The maximum atomic E-state index is 12.6. The number of carbonyl (C=O) groups excluding carboxylic acids is 1. The Balaban J connectivity index is 1.59. The summed E-state index contributed by atoms with van der Waals surface area (Å²) in [4.78, 5) is 19.2. The van der Waals surface area contributed by atoms with Gasteiger partial charge in [0.05, 0.1) is 5.69 Å². The first-order valence-corrected chi connectivity index (χ1v) is 8.73. The molecule has 5 heteroatoms. The first kappa shape index (κ1) is 16.8. The largest absolute Gasteiger partial charge is 0.378 e. The number of nitrogens with zero attached hydrogens (tertiary/aromatic N) is 3. The summed E-state index contributed by atoms with van der Waals surface area (Å²) in [6, 6.07) is 21.2. The summed E-state index contributed by atoms with van der Waals surface area (Å²) in [5.74, 6) is -0.133. The van der Waals surface area contributed by atoms with Crippen LogP contribution in [0.1, 0.15) is 10.4 Å². The van der Waals surface area contributed by atoms with Gasteiger partial charge in [0.2, 0.25) is 0 Å². The van der Waals surface area contributed by atoms with Gasteiger partial charge in [-0.25, -0.2) is 4.98 Å². The highest BCUT2D eigenvalue weighted by Gasteiger charge is 2.09. The van der Waals surface area contributed by atoms with Crippen molar-refractivity contribution >= 4 is 22.9 Å². The highest BCUT2D eigenvalue weighted by atomic mass is 16.1. The Morgan fingerprint density at radius 1 is 1.00 bits per heavy atom. The van der Waals surface area contributed by atoms with Crippen LogP contribution in [0, 0.1) is 0 Å². The molecule has 2 heterocycles. The summed E-state index contributed by atoms with van der Waals surface area (Å²) >= 11 is 0.